The Morgan fingerprint density at radius 2 is 2.17 bits per heavy atom. The average Bonchev–Trinajstić information content (AvgIpc) is 2.44. The Morgan fingerprint density at radius 1 is 1.42 bits per heavy atom. The minimum atomic E-state index is -0.439. The van der Waals surface area contributed by atoms with Crippen LogP contribution in [-0.4, -0.2) is 11.2 Å². The topological polar surface area (TPSA) is 29.5 Å². The van der Waals surface area contributed by atoms with Gasteiger partial charge in [0, 0.05) is 5.56 Å². The molecule has 2 atom stereocenters. The van der Waals surface area contributed by atoms with Gasteiger partial charge in [0.15, 0.2) is 0 Å². The summed E-state index contributed by atoms with van der Waals surface area (Å²) in [6, 6.07) is 7.65. The molecule has 1 aromatic carbocycles. The molecule has 12 heavy (non-hydrogen) atoms. The molecule has 1 N–H and O–H groups in total. The fourth-order valence-corrected chi connectivity index (χ4v) is 1.57. The number of aliphatic hydroxyl groups is 1. The van der Waals surface area contributed by atoms with Crippen LogP contribution < -0.4 is 4.74 Å². The Morgan fingerprint density at radius 3 is 2.83 bits per heavy atom. The number of fused-ring (bicyclic) bond motifs is 1. The predicted octanol–water partition coefficient (Wildman–Crippen LogP) is 1.89. The Labute approximate surface area is 71.8 Å². The quantitative estimate of drug-likeness (QED) is 0.686. The number of ether oxygens (including phenoxy) is 1. The number of rotatable bonds is 1. The molecule has 0 aliphatic carbocycles. The molecule has 1 heterocycles. The van der Waals surface area contributed by atoms with E-state index >= 15 is 0 Å². The molecule has 0 fully saturated rings. The van der Waals surface area contributed by atoms with Crippen LogP contribution in [-0.2, 0) is 0 Å². The van der Waals surface area contributed by atoms with Gasteiger partial charge in [0.2, 0.25) is 0 Å². The smallest absolute Gasteiger partial charge is 0.129 e. The first-order chi connectivity index (χ1) is 5.83. The second-order valence-corrected chi connectivity index (χ2v) is 3.05. The van der Waals surface area contributed by atoms with Crippen LogP contribution in [0.2, 0.25) is 0 Å². The number of aliphatic hydroxyl groups excluding tert-OH is 1. The Balaban J connectivity index is 2.35. The predicted molar refractivity (Wildman–Crippen MR) is 46.1 cm³/mol. The molecule has 0 saturated heterocycles. The molecular formula is C10H12O2. The lowest BCUT2D eigenvalue weighted by molar-refractivity contribution is 0.0653. The number of para-hydroxylation sites is 1. The maximum Gasteiger partial charge on any atom is 0.129 e. The van der Waals surface area contributed by atoms with Gasteiger partial charge in [0.1, 0.15) is 18.0 Å². The largest absolute Gasteiger partial charge is 0.487 e. The van der Waals surface area contributed by atoms with Crippen molar-refractivity contribution >= 4 is 0 Å². The minimum absolute atomic E-state index is 0.0533. The first kappa shape index (κ1) is 7.62. The number of hydrogen-bond acceptors (Lipinski definition) is 2. The van der Waals surface area contributed by atoms with Gasteiger partial charge < -0.3 is 9.84 Å². The van der Waals surface area contributed by atoms with Crippen molar-refractivity contribution in [3.05, 3.63) is 29.8 Å². The molecule has 0 amide bonds. The highest BCUT2D eigenvalue weighted by Crippen LogP contribution is 2.37. The van der Waals surface area contributed by atoms with Gasteiger partial charge in [-0.1, -0.05) is 25.1 Å². The number of benzene rings is 1. The van der Waals surface area contributed by atoms with E-state index in [0.29, 0.717) is 0 Å². The van der Waals surface area contributed by atoms with E-state index in [0.717, 1.165) is 17.7 Å². The zero-order valence-corrected chi connectivity index (χ0v) is 7.03. The highest BCUT2D eigenvalue weighted by molar-refractivity contribution is 5.39. The van der Waals surface area contributed by atoms with Crippen molar-refractivity contribution in [1.82, 2.24) is 0 Å². The molecule has 0 aromatic heterocycles. The van der Waals surface area contributed by atoms with E-state index < -0.39 is 6.10 Å². The molecule has 0 radical (unpaired) electrons. The van der Waals surface area contributed by atoms with E-state index in [1.165, 1.54) is 0 Å². The molecule has 0 spiro atoms. The Hall–Kier alpha value is -1.02. The highest BCUT2D eigenvalue weighted by atomic mass is 16.5. The first-order valence-electron chi connectivity index (χ1n) is 4.26. The summed E-state index contributed by atoms with van der Waals surface area (Å²) < 4.78 is 5.52. The summed E-state index contributed by atoms with van der Waals surface area (Å²) in [4.78, 5) is 0. The van der Waals surface area contributed by atoms with Crippen molar-refractivity contribution in [3.8, 4) is 5.75 Å². The SMILES string of the molecule is CC[C@@H]1Oc2ccccc2[C@@H]1O. The molecule has 0 bridgehead atoms. The fraction of sp³-hybridized carbons (Fsp3) is 0.400. The van der Waals surface area contributed by atoms with Crippen LogP contribution in [0.1, 0.15) is 25.0 Å². The van der Waals surface area contributed by atoms with Gasteiger partial charge in [-0.15, -0.1) is 0 Å². The van der Waals surface area contributed by atoms with Gasteiger partial charge >= 0.3 is 0 Å². The lowest BCUT2D eigenvalue weighted by Crippen LogP contribution is -2.16. The summed E-state index contributed by atoms with van der Waals surface area (Å²) in [7, 11) is 0. The lowest BCUT2D eigenvalue weighted by atomic mass is 10.1. The molecule has 0 unspecified atom stereocenters. The van der Waals surface area contributed by atoms with Crippen molar-refractivity contribution in [2.24, 2.45) is 0 Å². The van der Waals surface area contributed by atoms with Crippen LogP contribution in [0.3, 0.4) is 0 Å². The van der Waals surface area contributed by atoms with Crippen LogP contribution >= 0.6 is 0 Å². The zero-order chi connectivity index (χ0) is 8.55. The van der Waals surface area contributed by atoms with Crippen molar-refractivity contribution in [2.45, 2.75) is 25.6 Å². The average molecular weight is 164 g/mol. The molecule has 2 heteroatoms. The molecule has 0 saturated carbocycles. The van der Waals surface area contributed by atoms with Gasteiger partial charge in [-0.2, -0.15) is 0 Å². The summed E-state index contributed by atoms with van der Waals surface area (Å²) in [5, 5.41) is 9.72. The maximum atomic E-state index is 9.72. The third-order valence-corrected chi connectivity index (χ3v) is 2.27. The summed E-state index contributed by atoms with van der Waals surface area (Å²) >= 11 is 0. The third-order valence-electron chi connectivity index (χ3n) is 2.27. The van der Waals surface area contributed by atoms with Crippen molar-refractivity contribution < 1.29 is 9.84 Å². The van der Waals surface area contributed by atoms with Crippen LogP contribution in [0.15, 0.2) is 24.3 Å². The van der Waals surface area contributed by atoms with E-state index in [-0.39, 0.29) is 6.10 Å². The van der Waals surface area contributed by atoms with E-state index in [1.807, 2.05) is 31.2 Å². The highest BCUT2D eigenvalue weighted by Gasteiger charge is 2.30. The van der Waals surface area contributed by atoms with E-state index in [1.54, 1.807) is 0 Å². The van der Waals surface area contributed by atoms with Crippen LogP contribution in [0, 0.1) is 0 Å². The molecular weight excluding hydrogens is 152 g/mol. The van der Waals surface area contributed by atoms with Crippen LogP contribution in [0.25, 0.3) is 0 Å². The summed E-state index contributed by atoms with van der Waals surface area (Å²) in [6.07, 6.45) is 0.351. The molecule has 1 aromatic rings. The normalized spacial score (nSPS) is 26.5. The van der Waals surface area contributed by atoms with E-state index in [2.05, 4.69) is 0 Å². The van der Waals surface area contributed by atoms with Crippen molar-refractivity contribution in [3.63, 3.8) is 0 Å². The second kappa shape index (κ2) is 2.79. The van der Waals surface area contributed by atoms with E-state index in [4.69, 9.17) is 4.74 Å². The fourth-order valence-electron chi connectivity index (χ4n) is 1.57. The minimum Gasteiger partial charge on any atom is -0.487 e. The van der Waals surface area contributed by atoms with Crippen LogP contribution in [0.5, 0.6) is 5.75 Å². The second-order valence-electron chi connectivity index (χ2n) is 3.05. The van der Waals surface area contributed by atoms with Crippen molar-refractivity contribution in [1.29, 1.82) is 0 Å². The molecule has 1 aliphatic rings. The molecule has 64 valence electrons. The monoisotopic (exact) mass is 164 g/mol. The van der Waals surface area contributed by atoms with Gasteiger partial charge in [-0.05, 0) is 12.5 Å². The third kappa shape index (κ3) is 0.994. The van der Waals surface area contributed by atoms with Crippen molar-refractivity contribution in [2.75, 3.05) is 0 Å². The van der Waals surface area contributed by atoms with Crippen LogP contribution in [0.4, 0.5) is 0 Å². The first-order valence-corrected chi connectivity index (χ1v) is 4.26. The summed E-state index contributed by atoms with van der Waals surface area (Å²) in [5.74, 6) is 0.830. The molecule has 2 nitrogen and oxygen atoms in total. The lowest BCUT2D eigenvalue weighted by Gasteiger charge is -2.10. The molecule has 1 aliphatic heterocycles. The Bertz CT molecular complexity index is 283. The maximum absolute atomic E-state index is 9.72. The van der Waals surface area contributed by atoms with E-state index in [9.17, 15) is 5.11 Å². The number of hydrogen-bond donors (Lipinski definition) is 1. The zero-order valence-electron chi connectivity index (χ0n) is 7.03. The molecule has 2 rings (SSSR count). The standard InChI is InChI=1S/C10H12O2/c1-2-8-10(11)7-5-3-4-6-9(7)12-8/h3-6,8,10-11H,2H2,1H3/t8-,10-/m0/s1. The van der Waals surface area contributed by atoms with Gasteiger partial charge in [-0.25, -0.2) is 0 Å². The summed E-state index contributed by atoms with van der Waals surface area (Å²) in [5.41, 5.74) is 0.921. The van der Waals surface area contributed by atoms with Gasteiger partial charge in [0.05, 0.1) is 0 Å². The van der Waals surface area contributed by atoms with Gasteiger partial charge in [0.25, 0.3) is 0 Å². The van der Waals surface area contributed by atoms with Gasteiger partial charge in [-0.3, -0.25) is 0 Å². The Kier molecular flexibility index (Phi) is 1.77. The summed E-state index contributed by atoms with van der Waals surface area (Å²) in [6.45, 7) is 2.01.